The molecule has 21 atom stereocenters. The number of aliphatic hydroxyl groups excluding tert-OH is 7. The second-order valence-corrected chi connectivity index (χ2v) is 20.1. The highest BCUT2D eigenvalue weighted by atomic mass is 16.8. The molecule has 0 spiro atoms. The highest BCUT2D eigenvalue weighted by Crippen LogP contribution is 2.37. The van der Waals surface area contributed by atoms with Gasteiger partial charge in [-0.15, -0.1) is 0 Å². The lowest BCUT2D eigenvalue weighted by Crippen LogP contribution is -2.67. The van der Waals surface area contributed by atoms with E-state index in [1.165, 1.54) is 6.92 Å². The molecule has 5 aliphatic rings. The van der Waals surface area contributed by atoms with Gasteiger partial charge in [-0.1, -0.05) is 110 Å². The van der Waals surface area contributed by atoms with E-state index in [9.17, 15) is 45.3 Å². The zero-order valence-electron chi connectivity index (χ0n) is 42.0. The average molecular weight is 993 g/mol. The van der Waals surface area contributed by atoms with Crippen LogP contribution in [-0.2, 0) is 57.0 Å². The van der Waals surface area contributed by atoms with Crippen LogP contribution in [0.15, 0.2) is 0 Å². The zero-order chi connectivity index (χ0) is 50.2. The Morgan fingerprint density at radius 3 is 1.77 bits per heavy atom. The fourth-order valence-corrected chi connectivity index (χ4v) is 9.96. The van der Waals surface area contributed by atoms with Gasteiger partial charge in [-0.05, 0) is 53.4 Å². The van der Waals surface area contributed by atoms with Crippen LogP contribution in [0.25, 0.3) is 0 Å². The number of esters is 2. The van der Waals surface area contributed by atoms with Gasteiger partial charge in [0.2, 0.25) is 0 Å². The average Bonchev–Trinajstić information content (AvgIpc) is 3.31. The monoisotopic (exact) mass is 993 g/mol. The van der Waals surface area contributed by atoms with Crippen LogP contribution in [-0.4, -0.2) is 177 Å². The predicted octanol–water partition coefficient (Wildman–Crippen LogP) is 4.10. The van der Waals surface area contributed by atoms with Gasteiger partial charge in [0.1, 0.15) is 61.0 Å². The summed E-state index contributed by atoms with van der Waals surface area (Å²) in [6.07, 6.45) is -10.7. The van der Waals surface area contributed by atoms with Gasteiger partial charge < -0.3 is 83.1 Å². The molecule has 402 valence electrons. The molecule has 0 aromatic rings. The van der Waals surface area contributed by atoms with E-state index in [0.717, 1.165) is 109 Å². The number of carbonyl (C=O) groups excluding carboxylic acids is 2. The van der Waals surface area contributed by atoms with Gasteiger partial charge in [-0.25, -0.2) is 0 Å². The van der Waals surface area contributed by atoms with Crippen LogP contribution >= 0.6 is 0 Å². The van der Waals surface area contributed by atoms with Crippen molar-refractivity contribution in [3.05, 3.63) is 0 Å². The standard InChI is InChI=1S/C50H88O19/c1-7-9-11-12-14-18-22-26-33(51)65-44-40(58)48(62-30(5)42(44)67-47-39(57)37(55)35(53)28(3)60-47)68-43-31(6)63-49-41(59)45(43)66-34(52)27-23-19-16-13-15-17-21-25-32(24-20-10-8-2)64-50-46(69-49)38(56)36(54)29(4)61-50/h28-32,35-50,53-59H,7-27H2,1-6H3/t28-,29+,30-,31-,32?,35-,36-,37+,38-,39+,40+,41+,42-,43-,44-,45-,46+,47-,48-,49-,50-/m0/s1. The number of hydrogen-bond acceptors (Lipinski definition) is 19. The maximum Gasteiger partial charge on any atom is 0.306 e. The minimum Gasteiger partial charge on any atom is -0.456 e. The number of hydrogen-bond donors (Lipinski definition) is 7. The summed E-state index contributed by atoms with van der Waals surface area (Å²) in [4.78, 5) is 27.1. The lowest BCUT2D eigenvalue weighted by molar-refractivity contribution is -0.387. The molecule has 5 fully saturated rings. The molecular formula is C50H88O19. The Bertz CT molecular complexity index is 1480. The predicted molar refractivity (Wildman–Crippen MR) is 247 cm³/mol. The fraction of sp³-hybridized carbons (Fsp3) is 0.960. The van der Waals surface area contributed by atoms with Gasteiger partial charge in [0.05, 0.1) is 30.5 Å². The van der Waals surface area contributed by atoms with Gasteiger partial charge in [0, 0.05) is 12.8 Å². The molecule has 5 saturated heterocycles. The third-order valence-electron chi connectivity index (χ3n) is 14.4. The quantitative estimate of drug-likeness (QED) is 0.0799. The van der Waals surface area contributed by atoms with Crippen LogP contribution < -0.4 is 0 Å². The summed E-state index contributed by atoms with van der Waals surface area (Å²) >= 11 is 0. The van der Waals surface area contributed by atoms with E-state index in [1.807, 2.05) is 0 Å². The Kier molecular flexibility index (Phi) is 24.7. The van der Waals surface area contributed by atoms with Crippen molar-refractivity contribution in [2.45, 2.75) is 305 Å². The summed E-state index contributed by atoms with van der Waals surface area (Å²) < 4.78 is 61.7. The molecule has 19 heteroatoms. The first kappa shape index (κ1) is 58.2. The Labute approximate surface area is 409 Å². The van der Waals surface area contributed by atoms with Crippen molar-refractivity contribution in [1.29, 1.82) is 0 Å². The summed E-state index contributed by atoms with van der Waals surface area (Å²) in [5.41, 5.74) is 0. The Balaban J connectivity index is 1.39. The van der Waals surface area contributed by atoms with Crippen molar-refractivity contribution >= 4 is 11.9 Å². The van der Waals surface area contributed by atoms with Crippen LogP contribution in [0, 0.1) is 0 Å². The van der Waals surface area contributed by atoms with Crippen molar-refractivity contribution in [3.63, 3.8) is 0 Å². The third kappa shape index (κ3) is 16.7. The molecule has 0 aromatic heterocycles. The third-order valence-corrected chi connectivity index (χ3v) is 14.4. The summed E-state index contributed by atoms with van der Waals surface area (Å²) in [6.45, 7) is 10.5. The topological polar surface area (TPSA) is 268 Å². The number of aliphatic hydroxyl groups is 7. The van der Waals surface area contributed by atoms with Crippen molar-refractivity contribution in [2.24, 2.45) is 0 Å². The van der Waals surface area contributed by atoms with Gasteiger partial charge in [-0.2, -0.15) is 0 Å². The maximum atomic E-state index is 13.6. The van der Waals surface area contributed by atoms with Crippen LogP contribution in [0.5, 0.6) is 0 Å². The summed E-state index contributed by atoms with van der Waals surface area (Å²) in [5, 5.41) is 78.4. The van der Waals surface area contributed by atoms with Crippen LogP contribution in [0.3, 0.4) is 0 Å². The molecule has 2 bridgehead atoms. The van der Waals surface area contributed by atoms with Gasteiger partial charge in [0.15, 0.2) is 37.4 Å². The van der Waals surface area contributed by atoms with E-state index >= 15 is 0 Å². The van der Waals surface area contributed by atoms with Gasteiger partial charge in [-0.3, -0.25) is 9.59 Å². The highest BCUT2D eigenvalue weighted by molar-refractivity contribution is 5.70. The number of unbranched alkanes of at least 4 members (excludes halogenated alkanes) is 8. The Morgan fingerprint density at radius 2 is 1.06 bits per heavy atom. The minimum atomic E-state index is -1.78. The van der Waals surface area contributed by atoms with E-state index in [1.54, 1.807) is 20.8 Å². The number of fused-ring (bicyclic) bond motifs is 3. The van der Waals surface area contributed by atoms with Gasteiger partial charge >= 0.3 is 11.9 Å². The molecule has 7 N–H and O–H groups in total. The van der Waals surface area contributed by atoms with Crippen LogP contribution in [0.4, 0.5) is 0 Å². The second kappa shape index (κ2) is 29.3. The Morgan fingerprint density at radius 1 is 0.507 bits per heavy atom. The first-order valence-corrected chi connectivity index (χ1v) is 26.4. The fourth-order valence-electron chi connectivity index (χ4n) is 9.96. The smallest absolute Gasteiger partial charge is 0.306 e. The van der Waals surface area contributed by atoms with Crippen LogP contribution in [0.2, 0.25) is 0 Å². The summed E-state index contributed by atoms with van der Waals surface area (Å²) in [7, 11) is 0. The number of ether oxygens (including phenoxy) is 10. The molecule has 0 radical (unpaired) electrons. The van der Waals surface area contributed by atoms with Crippen molar-refractivity contribution in [3.8, 4) is 0 Å². The van der Waals surface area contributed by atoms with Crippen molar-refractivity contribution in [1.82, 2.24) is 0 Å². The molecule has 5 heterocycles. The van der Waals surface area contributed by atoms with Crippen molar-refractivity contribution < 1.29 is 92.7 Å². The lowest BCUT2D eigenvalue weighted by Gasteiger charge is -2.49. The lowest BCUT2D eigenvalue weighted by atomic mass is 9.96. The largest absolute Gasteiger partial charge is 0.456 e. The first-order valence-electron chi connectivity index (χ1n) is 26.4. The van der Waals surface area contributed by atoms with E-state index < -0.39 is 135 Å². The maximum absolute atomic E-state index is 13.6. The number of carbonyl (C=O) groups is 2. The Hall–Kier alpha value is -1.66. The summed E-state index contributed by atoms with van der Waals surface area (Å²) in [5.74, 6) is -1.26. The minimum absolute atomic E-state index is 0.0379. The normalized spacial score (nSPS) is 42.3. The van der Waals surface area contributed by atoms with E-state index in [2.05, 4.69) is 13.8 Å². The zero-order valence-corrected chi connectivity index (χ0v) is 42.0. The molecule has 5 aliphatic heterocycles. The molecular weight excluding hydrogens is 905 g/mol. The molecule has 1 unspecified atom stereocenters. The molecule has 19 nitrogen and oxygen atoms in total. The van der Waals surface area contributed by atoms with Crippen LogP contribution in [0.1, 0.15) is 176 Å². The van der Waals surface area contributed by atoms with Crippen molar-refractivity contribution in [2.75, 3.05) is 0 Å². The molecule has 0 aromatic carbocycles. The van der Waals surface area contributed by atoms with Gasteiger partial charge in [0.25, 0.3) is 0 Å². The van der Waals surface area contributed by atoms with E-state index in [0.29, 0.717) is 12.8 Å². The van der Waals surface area contributed by atoms with E-state index in [4.69, 9.17) is 47.4 Å². The first-order chi connectivity index (χ1) is 33.1. The second-order valence-electron chi connectivity index (χ2n) is 20.1. The summed E-state index contributed by atoms with van der Waals surface area (Å²) in [6, 6.07) is 0. The van der Waals surface area contributed by atoms with E-state index in [-0.39, 0.29) is 18.9 Å². The SMILES string of the molecule is CCCCCCCCCC(=O)O[C@H]1[C@@H](O)[C@H](O[C@@H]2[C@H]3OC(=O)CCCCCCCCCC(CCCCC)O[C@@H]4O[C@H](C)[C@H](O)[C@H](O)[C@H]4O[C@H](O[C@H]2C)[C@@H]3O)O[C@@H](C)[C@@H]1O[C@@H]1O[C@@H](C)[C@H](O)[C@@H](O)[C@H]1O. The molecule has 5 rings (SSSR count). The molecule has 0 aliphatic carbocycles. The molecule has 0 saturated carbocycles. The molecule has 69 heavy (non-hydrogen) atoms. The number of rotatable bonds is 17. The molecule has 0 amide bonds. The highest BCUT2D eigenvalue weighted by Gasteiger charge is 2.56.